The molecule has 146 valence electrons. The molecule has 0 bridgehead atoms. The largest absolute Gasteiger partial charge is 0.454 e. The molecule has 2 N–H and O–H groups in total. The number of guanidine groups is 1. The van der Waals surface area contributed by atoms with Gasteiger partial charge in [0, 0.05) is 31.8 Å². The van der Waals surface area contributed by atoms with E-state index < -0.39 is 6.61 Å². The lowest BCUT2D eigenvalue weighted by Crippen LogP contribution is -2.45. The number of halogens is 2. The van der Waals surface area contributed by atoms with Crippen LogP contribution in [0.25, 0.3) is 0 Å². The van der Waals surface area contributed by atoms with Gasteiger partial charge in [-0.3, -0.25) is 0 Å². The summed E-state index contributed by atoms with van der Waals surface area (Å²) in [4.78, 5) is 4.43. The Balaban J connectivity index is 2.16. The molecule has 0 saturated heterocycles. The van der Waals surface area contributed by atoms with Crippen LogP contribution in [0, 0.1) is 0 Å². The molecule has 0 aromatic heterocycles. The van der Waals surface area contributed by atoms with Crippen LogP contribution in [0.1, 0.15) is 26.3 Å². The molecule has 0 amide bonds. The highest BCUT2D eigenvalue weighted by molar-refractivity contribution is 5.79. The van der Waals surface area contributed by atoms with E-state index in [-0.39, 0.29) is 24.7 Å². The molecule has 1 aromatic carbocycles. The van der Waals surface area contributed by atoms with Crippen molar-refractivity contribution in [3.05, 3.63) is 17.7 Å². The average molecular weight is 373 g/mol. The number of alkyl halides is 2. The number of fused-ring (bicyclic) bond motifs is 1. The summed E-state index contributed by atoms with van der Waals surface area (Å²) in [5, 5.41) is 6.26. The summed E-state index contributed by atoms with van der Waals surface area (Å²) in [6.07, 6.45) is 0. The van der Waals surface area contributed by atoms with Crippen LogP contribution in [0.5, 0.6) is 17.2 Å². The summed E-state index contributed by atoms with van der Waals surface area (Å²) < 4.78 is 45.9. The molecule has 0 aliphatic carbocycles. The molecule has 0 saturated carbocycles. The molecule has 1 aliphatic heterocycles. The van der Waals surface area contributed by atoms with Gasteiger partial charge in [0.15, 0.2) is 17.5 Å². The number of nitrogens with zero attached hydrogens (tertiary/aromatic N) is 1. The molecule has 2 rings (SSSR count). The molecular weight excluding hydrogens is 348 g/mol. The molecule has 0 spiro atoms. The second-order valence-electron chi connectivity index (χ2n) is 6.20. The van der Waals surface area contributed by atoms with Crippen molar-refractivity contribution >= 4 is 5.96 Å². The first kappa shape index (κ1) is 20.0. The van der Waals surface area contributed by atoms with E-state index in [2.05, 4.69) is 20.4 Å². The van der Waals surface area contributed by atoms with Crippen LogP contribution in [0.15, 0.2) is 17.1 Å². The lowest BCUT2D eigenvalue weighted by molar-refractivity contribution is -0.0505. The van der Waals surface area contributed by atoms with Crippen LogP contribution in [0.4, 0.5) is 8.78 Å². The van der Waals surface area contributed by atoms with E-state index in [4.69, 9.17) is 14.2 Å². The number of aliphatic imine (C=N–C) groups is 1. The minimum Gasteiger partial charge on any atom is -0.454 e. The van der Waals surface area contributed by atoms with Gasteiger partial charge in [0.25, 0.3) is 0 Å². The Morgan fingerprint density at radius 2 is 1.96 bits per heavy atom. The highest BCUT2D eigenvalue weighted by Crippen LogP contribution is 2.39. The van der Waals surface area contributed by atoms with Gasteiger partial charge in [-0.15, -0.1) is 0 Å². The highest BCUT2D eigenvalue weighted by Gasteiger charge is 2.20. The summed E-state index contributed by atoms with van der Waals surface area (Å²) in [5.41, 5.74) is 0.0940. The number of hydrogen-bond acceptors (Lipinski definition) is 5. The Kier molecular flexibility index (Phi) is 6.84. The SMILES string of the molecule is CCNC(=NCc1cc2c(cc1OC(F)F)OCO2)NCC(C)(C)OC. The molecule has 7 nitrogen and oxygen atoms in total. The first-order valence-electron chi connectivity index (χ1n) is 8.29. The van der Waals surface area contributed by atoms with Crippen molar-refractivity contribution < 1.29 is 27.7 Å². The Morgan fingerprint density at radius 1 is 1.27 bits per heavy atom. The summed E-state index contributed by atoms with van der Waals surface area (Å²) in [6.45, 7) is 4.23. The first-order chi connectivity index (χ1) is 12.3. The third-order valence-corrected chi connectivity index (χ3v) is 3.76. The first-order valence-corrected chi connectivity index (χ1v) is 8.29. The lowest BCUT2D eigenvalue weighted by atomic mass is 10.1. The highest BCUT2D eigenvalue weighted by atomic mass is 19.3. The van der Waals surface area contributed by atoms with E-state index in [0.29, 0.717) is 36.1 Å². The quantitative estimate of drug-likeness (QED) is 0.539. The third-order valence-electron chi connectivity index (χ3n) is 3.76. The predicted molar refractivity (Wildman–Crippen MR) is 93.1 cm³/mol. The summed E-state index contributed by atoms with van der Waals surface area (Å²) in [5.74, 6) is 1.41. The van der Waals surface area contributed by atoms with Crippen LogP contribution in [0.3, 0.4) is 0 Å². The maximum atomic E-state index is 12.7. The molecule has 0 atom stereocenters. The summed E-state index contributed by atoms with van der Waals surface area (Å²) >= 11 is 0. The van der Waals surface area contributed by atoms with E-state index in [9.17, 15) is 8.78 Å². The molecule has 9 heteroatoms. The van der Waals surface area contributed by atoms with E-state index >= 15 is 0 Å². The fourth-order valence-corrected chi connectivity index (χ4v) is 2.17. The van der Waals surface area contributed by atoms with E-state index in [1.165, 1.54) is 6.07 Å². The van der Waals surface area contributed by atoms with Gasteiger partial charge in [-0.05, 0) is 26.8 Å². The number of hydrogen-bond donors (Lipinski definition) is 2. The van der Waals surface area contributed by atoms with E-state index in [0.717, 1.165) is 0 Å². The van der Waals surface area contributed by atoms with Crippen molar-refractivity contribution in [3.63, 3.8) is 0 Å². The molecule has 1 heterocycles. The number of nitrogens with one attached hydrogen (secondary N) is 2. The normalized spacial score (nSPS) is 13.9. The van der Waals surface area contributed by atoms with Gasteiger partial charge >= 0.3 is 6.61 Å². The van der Waals surface area contributed by atoms with Gasteiger partial charge < -0.3 is 29.6 Å². The fourth-order valence-electron chi connectivity index (χ4n) is 2.17. The smallest absolute Gasteiger partial charge is 0.387 e. The van der Waals surface area contributed by atoms with Crippen molar-refractivity contribution in [2.75, 3.05) is 27.0 Å². The molecule has 0 unspecified atom stereocenters. The van der Waals surface area contributed by atoms with E-state index in [1.807, 2.05) is 20.8 Å². The van der Waals surface area contributed by atoms with Gasteiger partial charge in [0.05, 0.1) is 12.1 Å². The van der Waals surface area contributed by atoms with Gasteiger partial charge in [0.1, 0.15) is 5.75 Å². The minimum atomic E-state index is -2.94. The maximum absolute atomic E-state index is 12.7. The van der Waals surface area contributed by atoms with Crippen molar-refractivity contribution in [1.29, 1.82) is 0 Å². The Hall–Kier alpha value is -2.29. The van der Waals surface area contributed by atoms with Crippen LogP contribution >= 0.6 is 0 Å². The zero-order valence-electron chi connectivity index (χ0n) is 15.4. The average Bonchev–Trinajstić information content (AvgIpc) is 3.04. The third kappa shape index (κ3) is 5.62. The van der Waals surface area contributed by atoms with Crippen LogP contribution in [0.2, 0.25) is 0 Å². The summed E-state index contributed by atoms with van der Waals surface area (Å²) in [6, 6.07) is 3.00. The second-order valence-corrected chi connectivity index (χ2v) is 6.20. The van der Waals surface area contributed by atoms with Gasteiger partial charge in [-0.25, -0.2) is 4.99 Å². The van der Waals surface area contributed by atoms with Crippen LogP contribution in [-0.2, 0) is 11.3 Å². The van der Waals surface area contributed by atoms with Gasteiger partial charge in [0.2, 0.25) is 6.79 Å². The van der Waals surface area contributed by atoms with Gasteiger partial charge in [-0.1, -0.05) is 0 Å². The number of methoxy groups -OCH3 is 1. The number of ether oxygens (including phenoxy) is 4. The van der Waals surface area contributed by atoms with Crippen LogP contribution in [-0.4, -0.2) is 45.2 Å². The van der Waals surface area contributed by atoms with Crippen molar-refractivity contribution in [2.24, 2.45) is 4.99 Å². The molecule has 0 radical (unpaired) electrons. The van der Waals surface area contributed by atoms with Gasteiger partial charge in [-0.2, -0.15) is 8.78 Å². The molecule has 1 aromatic rings. The molecular formula is C17H25F2N3O4. The zero-order valence-corrected chi connectivity index (χ0v) is 15.4. The minimum absolute atomic E-state index is 0.0149. The molecule has 0 fully saturated rings. The Bertz CT molecular complexity index is 639. The molecule has 26 heavy (non-hydrogen) atoms. The van der Waals surface area contributed by atoms with Crippen molar-refractivity contribution in [2.45, 2.75) is 39.5 Å². The standard InChI is InChI=1S/C17H25F2N3O4/c1-5-20-16(22-9-17(2,3)23-4)21-8-11-6-13-14(25-10-24-13)7-12(11)26-15(18)19/h6-7,15H,5,8-10H2,1-4H3,(H2,20,21,22). The summed E-state index contributed by atoms with van der Waals surface area (Å²) in [7, 11) is 1.63. The van der Waals surface area contributed by atoms with E-state index in [1.54, 1.807) is 13.2 Å². The molecule has 1 aliphatic rings. The van der Waals surface area contributed by atoms with Crippen molar-refractivity contribution in [3.8, 4) is 17.2 Å². The van der Waals surface area contributed by atoms with Crippen LogP contribution < -0.4 is 24.8 Å². The second kappa shape index (κ2) is 8.88. The topological polar surface area (TPSA) is 73.3 Å². The predicted octanol–water partition coefficient (Wildman–Crippen LogP) is 2.50. The Morgan fingerprint density at radius 3 is 2.58 bits per heavy atom. The lowest BCUT2D eigenvalue weighted by Gasteiger charge is -2.24. The Labute approximate surface area is 151 Å². The number of rotatable bonds is 8. The maximum Gasteiger partial charge on any atom is 0.387 e. The van der Waals surface area contributed by atoms with Crippen molar-refractivity contribution in [1.82, 2.24) is 10.6 Å². The zero-order chi connectivity index (χ0) is 19.2. The number of benzene rings is 1. The fraction of sp³-hybridized carbons (Fsp3) is 0.588. The monoisotopic (exact) mass is 373 g/mol.